The zero-order chi connectivity index (χ0) is 15.0. The highest BCUT2D eigenvalue weighted by molar-refractivity contribution is 6.07. The molecule has 3 rings (SSSR count). The smallest absolute Gasteiger partial charge is 0.311 e. The average molecular weight is 287 g/mol. The summed E-state index contributed by atoms with van der Waals surface area (Å²) in [5, 5.41) is 0. The molecular formula is C16H21N3O2. The van der Waals surface area contributed by atoms with Gasteiger partial charge in [0.05, 0.1) is 0 Å². The quantitative estimate of drug-likeness (QED) is 0.785. The molecule has 2 aliphatic heterocycles. The Bertz CT molecular complexity index is 560. The van der Waals surface area contributed by atoms with Crippen LogP contribution in [-0.4, -0.2) is 65.9 Å². The maximum Gasteiger partial charge on any atom is 0.327 e. The van der Waals surface area contributed by atoms with Gasteiger partial charge in [-0.05, 0) is 18.4 Å². The Labute approximate surface area is 125 Å². The largest absolute Gasteiger partial charge is 0.327 e. The fraction of sp³-hybridized carbons (Fsp3) is 0.500. The molecule has 5 nitrogen and oxygen atoms in total. The first-order valence-corrected chi connectivity index (χ1v) is 7.37. The minimum absolute atomic E-state index is 0.0581. The van der Waals surface area contributed by atoms with Crippen LogP contribution in [0.25, 0.3) is 0 Å². The third-order valence-corrected chi connectivity index (χ3v) is 4.80. The molecule has 0 N–H and O–H groups in total. The zero-order valence-electron chi connectivity index (χ0n) is 12.6. The molecule has 2 saturated heterocycles. The summed E-state index contributed by atoms with van der Waals surface area (Å²) >= 11 is 0. The predicted octanol–water partition coefficient (Wildman–Crippen LogP) is 1.20. The fourth-order valence-corrected chi connectivity index (χ4v) is 3.39. The van der Waals surface area contributed by atoms with E-state index >= 15 is 0 Å². The monoisotopic (exact) mass is 287 g/mol. The van der Waals surface area contributed by atoms with E-state index in [4.69, 9.17) is 0 Å². The van der Waals surface area contributed by atoms with Crippen LogP contribution in [0.2, 0.25) is 0 Å². The number of amides is 3. The molecular weight excluding hydrogens is 266 g/mol. The average Bonchev–Trinajstić information content (AvgIpc) is 3.01. The van der Waals surface area contributed by atoms with Gasteiger partial charge in [-0.3, -0.25) is 9.69 Å². The molecule has 112 valence electrons. The van der Waals surface area contributed by atoms with E-state index in [0.29, 0.717) is 6.54 Å². The molecule has 1 aromatic carbocycles. The molecule has 2 heterocycles. The van der Waals surface area contributed by atoms with E-state index in [-0.39, 0.29) is 11.9 Å². The van der Waals surface area contributed by atoms with Crippen LogP contribution in [0.5, 0.6) is 0 Å². The third-order valence-electron chi connectivity index (χ3n) is 4.80. The van der Waals surface area contributed by atoms with Crippen LogP contribution in [0, 0.1) is 0 Å². The molecule has 21 heavy (non-hydrogen) atoms. The lowest BCUT2D eigenvalue weighted by atomic mass is 9.97. The number of hydrogen-bond donors (Lipinski definition) is 0. The number of carbonyl (C=O) groups excluding carboxylic acids is 2. The first-order valence-electron chi connectivity index (χ1n) is 7.37. The topological polar surface area (TPSA) is 43.9 Å². The maximum absolute atomic E-state index is 12.4. The summed E-state index contributed by atoms with van der Waals surface area (Å²) in [5.41, 5.74) is 0.667. The van der Waals surface area contributed by atoms with Gasteiger partial charge in [-0.1, -0.05) is 30.3 Å². The first-order chi connectivity index (χ1) is 10.0. The Morgan fingerprint density at radius 2 is 1.86 bits per heavy atom. The van der Waals surface area contributed by atoms with Crippen LogP contribution in [0.4, 0.5) is 4.79 Å². The molecule has 2 aliphatic rings. The van der Waals surface area contributed by atoms with E-state index in [1.807, 2.05) is 18.2 Å². The Hall–Kier alpha value is -1.88. The van der Waals surface area contributed by atoms with Gasteiger partial charge in [0.1, 0.15) is 5.54 Å². The Kier molecular flexibility index (Phi) is 3.45. The number of carbonyl (C=O) groups is 2. The number of likely N-dealkylation sites (tertiary alicyclic amines) is 1. The number of imide groups is 1. The molecule has 0 saturated carbocycles. The summed E-state index contributed by atoms with van der Waals surface area (Å²) < 4.78 is 0. The third kappa shape index (κ3) is 2.21. The molecule has 0 aliphatic carbocycles. The van der Waals surface area contributed by atoms with Crippen LogP contribution in [0.15, 0.2) is 30.3 Å². The van der Waals surface area contributed by atoms with Crippen molar-refractivity contribution in [2.45, 2.75) is 18.4 Å². The van der Waals surface area contributed by atoms with E-state index < -0.39 is 5.54 Å². The SMILES string of the molecule is CN1C(=O)N(C)C2(CCN(CCc3ccccc3)C2)C1=O. The highest BCUT2D eigenvalue weighted by atomic mass is 16.2. The molecule has 0 bridgehead atoms. The number of hydrogen-bond acceptors (Lipinski definition) is 3. The van der Waals surface area contributed by atoms with Crippen molar-refractivity contribution in [2.75, 3.05) is 33.7 Å². The van der Waals surface area contributed by atoms with Crippen LogP contribution >= 0.6 is 0 Å². The molecule has 5 heteroatoms. The van der Waals surface area contributed by atoms with Crippen molar-refractivity contribution < 1.29 is 9.59 Å². The summed E-state index contributed by atoms with van der Waals surface area (Å²) in [6, 6.07) is 10.2. The second-order valence-electron chi connectivity index (χ2n) is 6.00. The van der Waals surface area contributed by atoms with Crippen molar-refractivity contribution in [2.24, 2.45) is 0 Å². The summed E-state index contributed by atoms with van der Waals surface area (Å²) in [6.45, 7) is 2.43. The number of rotatable bonds is 3. The summed E-state index contributed by atoms with van der Waals surface area (Å²) in [5.74, 6) is -0.0581. The van der Waals surface area contributed by atoms with Crippen molar-refractivity contribution in [3.8, 4) is 0 Å². The van der Waals surface area contributed by atoms with Gasteiger partial charge in [0.25, 0.3) is 5.91 Å². The Morgan fingerprint density at radius 1 is 1.14 bits per heavy atom. The van der Waals surface area contributed by atoms with E-state index in [1.54, 1.807) is 19.0 Å². The molecule has 1 aromatic rings. The molecule has 2 fully saturated rings. The lowest BCUT2D eigenvalue weighted by Crippen LogP contribution is -2.50. The van der Waals surface area contributed by atoms with Gasteiger partial charge in [-0.2, -0.15) is 0 Å². The zero-order valence-corrected chi connectivity index (χ0v) is 12.6. The lowest BCUT2D eigenvalue weighted by molar-refractivity contribution is -0.131. The standard InChI is InChI=1S/C16H21N3O2/c1-17-14(20)16(18(2)15(17)21)9-11-19(12-16)10-8-13-6-4-3-5-7-13/h3-7H,8-12H2,1-2H3. The molecule has 1 unspecified atom stereocenters. The Morgan fingerprint density at radius 3 is 2.48 bits per heavy atom. The maximum atomic E-state index is 12.4. The second kappa shape index (κ2) is 5.15. The van der Waals surface area contributed by atoms with Gasteiger partial charge in [0.2, 0.25) is 0 Å². The van der Waals surface area contributed by atoms with Crippen molar-refractivity contribution in [1.82, 2.24) is 14.7 Å². The predicted molar refractivity (Wildman–Crippen MR) is 79.9 cm³/mol. The number of nitrogens with zero attached hydrogens (tertiary/aromatic N) is 3. The normalized spacial score (nSPS) is 26.4. The molecule has 3 amide bonds. The Balaban J connectivity index is 1.65. The van der Waals surface area contributed by atoms with Gasteiger partial charge in [0.15, 0.2) is 0 Å². The lowest BCUT2D eigenvalue weighted by Gasteiger charge is -2.28. The number of benzene rings is 1. The van der Waals surface area contributed by atoms with Crippen molar-refractivity contribution in [3.63, 3.8) is 0 Å². The van der Waals surface area contributed by atoms with Gasteiger partial charge < -0.3 is 9.80 Å². The molecule has 1 spiro atoms. The molecule has 0 aromatic heterocycles. The highest BCUT2D eigenvalue weighted by Crippen LogP contribution is 2.34. The summed E-state index contributed by atoms with van der Waals surface area (Å²) in [4.78, 5) is 29.5. The van der Waals surface area contributed by atoms with Gasteiger partial charge in [-0.25, -0.2) is 4.79 Å². The fourth-order valence-electron chi connectivity index (χ4n) is 3.39. The number of likely N-dealkylation sites (N-methyl/N-ethyl adjacent to an activating group) is 2. The first kappa shape index (κ1) is 14.1. The van der Waals surface area contributed by atoms with E-state index in [2.05, 4.69) is 17.0 Å². The van der Waals surface area contributed by atoms with Gasteiger partial charge in [-0.15, -0.1) is 0 Å². The van der Waals surface area contributed by atoms with Crippen LogP contribution in [0.1, 0.15) is 12.0 Å². The minimum atomic E-state index is -0.636. The number of urea groups is 1. The van der Waals surface area contributed by atoms with Gasteiger partial charge in [0, 0.05) is 33.7 Å². The van der Waals surface area contributed by atoms with E-state index in [9.17, 15) is 9.59 Å². The molecule has 1 atom stereocenters. The van der Waals surface area contributed by atoms with Crippen LogP contribution in [0.3, 0.4) is 0 Å². The summed E-state index contributed by atoms with van der Waals surface area (Å²) in [6.07, 6.45) is 1.70. The summed E-state index contributed by atoms with van der Waals surface area (Å²) in [7, 11) is 3.31. The minimum Gasteiger partial charge on any atom is -0.311 e. The van der Waals surface area contributed by atoms with Crippen LogP contribution < -0.4 is 0 Å². The van der Waals surface area contributed by atoms with E-state index in [1.165, 1.54) is 10.5 Å². The van der Waals surface area contributed by atoms with Crippen LogP contribution in [-0.2, 0) is 11.2 Å². The van der Waals surface area contributed by atoms with Crippen molar-refractivity contribution in [3.05, 3.63) is 35.9 Å². The second-order valence-corrected chi connectivity index (χ2v) is 6.00. The van der Waals surface area contributed by atoms with Gasteiger partial charge >= 0.3 is 6.03 Å². The highest BCUT2D eigenvalue weighted by Gasteiger charge is 2.57. The van der Waals surface area contributed by atoms with Crippen molar-refractivity contribution in [1.29, 1.82) is 0 Å². The van der Waals surface area contributed by atoms with Crippen molar-refractivity contribution >= 4 is 11.9 Å². The van der Waals surface area contributed by atoms with E-state index in [0.717, 1.165) is 25.9 Å². The molecule has 0 radical (unpaired) electrons.